The van der Waals surface area contributed by atoms with Gasteiger partial charge in [0.2, 0.25) is 0 Å². The second-order valence-corrected chi connectivity index (χ2v) is 3.49. The summed E-state index contributed by atoms with van der Waals surface area (Å²) >= 11 is 0. The lowest BCUT2D eigenvalue weighted by atomic mass is 10.2. The summed E-state index contributed by atoms with van der Waals surface area (Å²) in [5.41, 5.74) is 6.60. The van der Waals surface area contributed by atoms with Crippen LogP contribution in [0.25, 0.3) is 0 Å². The Kier molecular flexibility index (Phi) is 3.26. The molecule has 0 radical (unpaired) electrons. The molecule has 2 rings (SSSR count). The van der Waals surface area contributed by atoms with Crippen LogP contribution in [0.5, 0.6) is 0 Å². The van der Waals surface area contributed by atoms with Gasteiger partial charge in [0, 0.05) is 19.2 Å². The summed E-state index contributed by atoms with van der Waals surface area (Å²) in [5, 5.41) is 11.9. The summed E-state index contributed by atoms with van der Waals surface area (Å²) in [6.07, 6.45) is 3.94. The number of nitrogens with one attached hydrogen (secondary N) is 1. The number of furan rings is 1. The van der Waals surface area contributed by atoms with E-state index in [1.54, 1.807) is 18.5 Å². The number of hydrogen-bond acceptors (Lipinski definition) is 5. The number of pyridine rings is 1. The normalized spacial score (nSPS) is 9.82. The van der Waals surface area contributed by atoms with E-state index in [1.165, 1.54) is 0 Å². The standard InChI is InChI=1S/C12H12N4O/c13-8-9-3-5-15-12(11(9)14)16-6-4-10-2-1-7-17-10/h1-3,5,7H,4,6,14H2,(H,15,16). The van der Waals surface area contributed by atoms with Gasteiger partial charge in [-0.15, -0.1) is 0 Å². The van der Waals surface area contributed by atoms with Crippen LogP contribution in [0.2, 0.25) is 0 Å². The van der Waals surface area contributed by atoms with E-state index in [2.05, 4.69) is 10.3 Å². The molecule has 5 nitrogen and oxygen atoms in total. The van der Waals surface area contributed by atoms with Gasteiger partial charge in [-0.2, -0.15) is 5.26 Å². The molecule has 0 fully saturated rings. The molecule has 86 valence electrons. The van der Waals surface area contributed by atoms with E-state index < -0.39 is 0 Å². The molecular formula is C12H12N4O. The van der Waals surface area contributed by atoms with Gasteiger partial charge in [-0.1, -0.05) is 0 Å². The quantitative estimate of drug-likeness (QED) is 0.832. The average molecular weight is 228 g/mol. The third-order valence-electron chi connectivity index (χ3n) is 2.35. The van der Waals surface area contributed by atoms with E-state index in [0.717, 1.165) is 12.2 Å². The minimum atomic E-state index is 0.384. The third-order valence-corrected chi connectivity index (χ3v) is 2.35. The van der Waals surface area contributed by atoms with Crippen molar-refractivity contribution in [3.63, 3.8) is 0 Å². The second-order valence-electron chi connectivity index (χ2n) is 3.49. The molecule has 2 aromatic heterocycles. The number of rotatable bonds is 4. The van der Waals surface area contributed by atoms with Crippen LogP contribution in [0.15, 0.2) is 35.1 Å². The molecular weight excluding hydrogens is 216 g/mol. The monoisotopic (exact) mass is 228 g/mol. The molecule has 2 heterocycles. The van der Waals surface area contributed by atoms with Gasteiger partial charge in [0.15, 0.2) is 5.82 Å². The minimum absolute atomic E-state index is 0.384. The van der Waals surface area contributed by atoms with Crippen LogP contribution >= 0.6 is 0 Å². The van der Waals surface area contributed by atoms with Crippen LogP contribution in [0.1, 0.15) is 11.3 Å². The first-order valence-corrected chi connectivity index (χ1v) is 5.22. The molecule has 0 aliphatic rings. The lowest BCUT2D eigenvalue weighted by Crippen LogP contribution is -2.09. The molecule has 17 heavy (non-hydrogen) atoms. The molecule has 0 aliphatic carbocycles. The zero-order valence-corrected chi connectivity index (χ0v) is 9.18. The number of nitrogen functional groups attached to an aromatic ring is 1. The van der Waals surface area contributed by atoms with E-state index in [-0.39, 0.29) is 0 Å². The Bertz CT molecular complexity index is 528. The lowest BCUT2D eigenvalue weighted by Gasteiger charge is -2.07. The number of nitrogens with two attached hydrogens (primary N) is 1. The fourth-order valence-corrected chi connectivity index (χ4v) is 1.47. The molecule has 0 spiro atoms. The largest absolute Gasteiger partial charge is 0.469 e. The average Bonchev–Trinajstić information content (AvgIpc) is 2.84. The van der Waals surface area contributed by atoms with Gasteiger partial charge in [-0.05, 0) is 18.2 Å². The van der Waals surface area contributed by atoms with Gasteiger partial charge in [0.05, 0.1) is 17.5 Å². The Balaban J connectivity index is 1.98. The first-order valence-electron chi connectivity index (χ1n) is 5.22. The Labute approximate surface area is 98.9 Å². The van der Waals surface area contributed by atoms with Gasteiger partial charge < -0.3 is 15.5 Å². The number of nitriles is 1. The van der Waals surface area contributed by atoms with Gasteiger partial charge in [0.25, 0.3) is 0 Å². The van der Waals surface area contributed by atoms with Crippen molar-refractivity contribution < 1.29 is 4.42 Å². The molecule has 0 unspecified atom stereocenters. The summed E-state index contributed by atoms with van der Waals surface area (Å²) in [4.78, 5) is 4.09. The molecule has 0 saturated heterocycles. The Morgan fingerprint density at radius 1 is 1.47 bits per heavy atom. The fourth-order valence-electron chi connectivity index (χ4n) is 1.47. The predicted molar refractivity (Wildman–Crippen MR) is 64.3 cm³/mol. The van der Waals surface area contributed by atoms with Gasteiger partial charge >= 0.3 is 0 Å². The van der Waals surface area contributed by atoms with Crippen LogP contribution in [-0.4, -0.2) is 11.5 Å². The highest BCUT2D eigenvalue weighted by Gasteiger charge is 2.05. The molecule has 2 aromatic rings. The van der Waals surface area contributed by atoms with Crippen molar-refractivity contribution in [3.05, 3.63) is 42.0 Å². The Morgan fingerprint density at radius 2 is 2.35 bits per heavy atom. The number of nitrogens with zero attached hydrogens (tertiary/aromatic N) is 2. The number of aromatic nitrogens is 1. The van der Waals surface area contributed by atoms with Crippen molar-refractivity contribution >= 4 is 11.5 Å². The summed E-state index contributed by atoms with van der Waals surface area (Å²) < 4.78 is 5.20. The van der Waals surface area contributed by atoms with Crippen molar-refractivity contribution in [2.75, 3.05) is 17.6 Å². The van der Waals surface area contributed by atoms with Crippen LogP contribution < -0.4 is 11.1 Å². The van der Waals surface area contributed by atoms with Crippen LogP contribution in [-0.2, 0) is 6.42 Å². The molecule has 0 saturated carbocycles. The highest BCUT2D eigenvalue weighted by molar-refractivity contribution is 5.68. The van der Waals surface area contributed by atoms with Gasteiger partial charge in [0.1, 0.15) is 11.8 Å². The Hall–Kier alpha value is -2.48. The van der Waals surface area contributed by atoms with Crippen molar-refractivity contribution in [1.29, 1.82) is 5.26 Å². The van der Waals surface area contributed by atoms with Crippen LogP contribution in [0.4, 0.5) is 11.5 Å². The zero-order chi connectivity index (χ0) is 12.1. The SMILES string of the molecule is N#Cc1ccnc(NCCc2ccco2)c1N. The van der Waals surface area contributed by atoms with Crippen molar-refractivity contribution in [1.82, 2.24) is 4.98 Å². The topological polar surface area (TPSA) is 87.9 Å². The van der Waals surface area contributed by atoms with E-state index in [4.69, 9.17) is 15.4 Å². The smallest absolute Gasteiger partial charge is 0.150 e. The molecule has 0 aliphatic heterocycles. The summed E-state index contributed by atoms with van der Waals surface area (Å²) in [7, 11) is 0. The van der Waals surface area contributed by atoms with Gasteiger partial charge in [-0.25, -0.2) is 4.98 Å². The van der Waals surface area contributed by atoms with E-state index in [0.29, 0.717) is 23.6 Å². The van der Waals surface area contributed by atoms with Crippen molar-refractivity contribution in [3.8, 4) is 6.07 Å². The third kappa shape index (κ3) is 2.55. The second kappa shape index (κ2) is 5.03. The molecule has 3 N–H and O–H groups in total. The first-order chi connectivity index (χ1) is 8.31. The molecule has 0 bridgehead atoms. The summed E-state index contributed by atoms with van der Waals surface area (Å²) in [5.74, 6) is 1.43. The molecule has 0 aromatic carbocycles. The summed E-state index contributed by atoms with van der Waals surface area (Å²) in [6, 6.07) is 7.36. The van der Waals surface area contributed by atoms with Crippen molar-refractivity contribution in [2.45, 2.75) is 6.42 Å². The zero-order valence-electron chi connectivity index (χ0n) is 9.18. The van der Waals surface area contributed by atoms with Gasteiger partial charge in [-0.3, -0.25) is 0 Å². The Morgan fingerprint density at radius 3 is 3.06 bits per heavy atom. The van der Waals surface area contributed by atoms with E-state index >= 15 is 0 Å². The number of anilines is 2. The maximum Gasteiger partial charge on any atom is 0.150 e. The lowest BCUT2D eigenvalue weighted by molar-refractivity contribution is 0.513. The maximum absolute atomic E-state index is 8.82. The first kappa shape index (κ1) is 11.0. The van der Waals surface area contributed by atoms with E-state index in [9.17, 15) is 0 Å². The van der Waals surface area contributed by atoms with E-state index in [1.807, 2.05) is 18.2 Å². The fraction of sp³-hybridized carbons (Fsp3) is 0.167. The highest BCUT2D eigenvalue weighted by Crippen LogP contribution is 2.18. The number of hydrogen-bond donors (Lipinski definition) is 2. The molecule has 5 heteroatoms. The molecule has 0 atom stereocenters. The van der Waals surface area contributed by atoms with Crippen LogP contribution in [0, 0.1) is 11.3 Å². The summed E-state index contributed by atoms with van der Waals surface area (Å²) in [6.45, 7) is 0.652. The predicted octanol–water partition coefficient (Wildman–Crippen LogP) is 1.78. The molecule has 0 amide bonds. The maximum atomic E-state index is 8.82. The van der Waals surface area contributed by atoms with Crippen molar-refractivity contribution in [2.24, 2.45) is 0 Å². The highest BCUT2D eigenvalue weighted by atomic mass is 16.3. The minimum Gasteiger partial charge on any atom is -0.469 e. The van der Waals surface area contributed by atoms with Crippen LogP contribution in [0.3, 0.4) is 0 Å².